The van der Waals surface area contributed by atoms with Crippen molar-refractivity contribution in [3.05, 3.63) is 35.4 Å². The predicted octanol–water partition coefficient (Wildman–Crippen LogP) is 1.47. The maximum atomic E-state index is 11.8. The van der Waals surface area contributed by atoms with Gasteiger partial charge in [0.05, 0.1) is 23.8 Å². The number of rotatable bonds is 4. The molecule has 5 nitrogen and oxygen atoms in total. The molecule has 102 valence electrons. The highest BCUT2D eigenvalue weighted by Gasteiger charge is 2.18. The van der Waals surface area contributed by atoms with E-state index in [0.717, 1.165) is 5.56 Å². The van der Waals surface area contributed by atoms with Gasteiger partial charge in [0.25, 0.3) is 0 Å². The quantitative estimate of drug-likeness (QED) is 0.861. The SMILES string of the molecule is CN(CC(C)(C)O)C(=O)NCc1cccc(C#N)c1. The Bertz CT molecular complexity index is 486. The van der Waals surface area contributed by atoms with Crippen LogP contribution in [0.5, 0.6) is 0 Å². The van der Waals surface area contributed by atoms with Gasteiger partial charge in [0.1, 0.15) is 0 Å². The van der Waals surface area contributed by atoms with Gasteiger partial charge in [0.2, 0.25) is 0 Å². The van der Waals surface area contributed by atoms with Crippen LogP contribution in [-0.4, -0.2) is 35.2 Å². The average Bonchev–Trinajstić information content (AvgIpc) is 2.34. The number of amides is 2. The molecule has 0 spiro atoms. The minimum atomic E-state index is -0.924. The summed E-state index contributed by atoms with van der Waals surface area (Å²) in [5, 5.41) is 21.2. The van der Waals surface area contributed by atoms with Gasteiger partial charge in [-0.3, -0.25) is 0 Å². The molecule has 0 aliphatic heterocycles. The number of benzene rings is 1. The van der Waals surface area contributed by atoms with Crippen LogP contribution >= 0.6 is 0 Å². The lowest BCUT2D eigenvalue weighted by molar-refractivity contribution is 0.0531. The molecule has 1 aromatic carbocycles. The predicted molar refractivity (Wildman–Crippen MR) is 72.3 cm³/mol. The minimum absolute atomic E-state index is 0.247. The van der Waals surface area contributed by atoms with Crippen molar-refractivity contribution in [1.82, 2.24) is 10.2 Å². The zero-order valence-corrected chi connectivity index (χ0v) is 11.5. The summed E-state index contributed by atoms with van der Waals surface area (Å²) in [6.45, 7) is 3.89. The Labute approximate surface area is 113 Å². The van der Waals surface area contributed by atoms with Crippen molar-refractivity contribution in [1.29, 1.82) is 5.26 Å². The van der Waals surface area contributed by atoms with Gasteiger partial charge < -0.3 is 15.3 Å². The summed E-state index contributed by atoms with van der Waals surface area (Å²) in [6.07, 6.45) is 0. The van der Waals surface area contributed by atoms with Crippen LogP contribution in [0.15, 0.2) is 24.3 Å². The third-order valence-corrected chi connectivity index (χ3v) is 2.47. The number of likely N-dealkylation sites (N-methyl/N-ethyl adjacent to an activating group) is 1. The topological polar surface area (TPSA) is 76.4 Å². The Balaban J connectivity index is 2.52. The molecule has 0 radical (unpaired) electrons. The second-order valence-electron chi connectivity index (χ2n) is 5.14. The molecular weight excluding hydrogens is 242 g/mol. The smallest absolute Gasteiger partial charge is 0.317 e. The monoisotopic (exact) mass is 261 g/mol. The fourth-order valence-corrected chi connectivity index (χ4v) is 1.72. The number of hydrogen-bond donors (Lipinski definition) is 2. The summed E-state index contributed by atoms with van der Waals surface area (Å²) in [4.78, 5) is 13.2. The van der Waals surface area contributed by atoms with E-state index in [1.807, 2.05) is 6.07 Å². The van der Waals surface area contributed by atoms with Crippen LogP contribution in [0.2, 0.25) is 0 Å². The average molecular weight is 261 g/mol. The number of carbonyl (C=O) groups excluding carboxylic acids is 1. The van der Waals surface area contributed by atoms with Gasteiger partial charge in [-0.2, -0.15) is 5.26 Å². The lowest BCUT2D eigenvalue weighted by Crippen LogP contribution is -2.44. The molecule has 2 N–H and O–H groups in total. The van der Waals surface area contributed by atoms with Crippen molar-refractivity contribution < 1.29 is 9.90 Å². The molecule has 0 aliphatic rings. The Morgan fingerprint density at radius 2 is 2.21 bits per heavy atom. The highest BCUT2D eigenvalue weighted by atomic mass is 16.3. The molecule has 19 heavy (non-hydrogen) atoms. The standard InChI is InChI=1S/C14H19N3O2/c1-14(2,19)10-17(3)13(18)16-9-12-6-4-5-11(7-12)8-15/h4-7,19H,9-10H2,1-3H3,(H,16,18). The van der Waals surface area contributed by atoms with E-state index in [-0.39, 0.29) is 12.6 Å². The van der Waals surface area contributed by atoms with Gasteiger partial charge in [-0.15, -0.1) is 0 Å². The van der Waals surface area contributed by atoms with Gasteiger partial charge in [0.15, 0.2) is 0 Å². The van der Waals surface area contributed by atoms with Gasteiger partial charge >= 0.3 is 6.03 Å². The summed E-state index contributed by atoms with van der Waals surface area (Å²) >= 11 is 0. The molecule has 1 rings (SSSR count). The molecule has 0 atom stereocenters. The van der Waals surface area contributed by atoms with Crippen LogP contribution in [0.3, 0.4) is 0 Å². The number of aliphatic hydroxyl groups is 1. The van der Waals surface area contributed by atoms with Crippen LogP contribution in [0.1, 0.15) is 25.0 Å². The van der Waals surface area contributed by atoms with Gasteiger partial charge in [-0.05, 0) is 31.5 Å². The number of carbonyl (C=O) groups is 1. The van der Waals surface area contributed by atoms with Crippen molar-refractivity contribution in [3.8, 4) is 6.07 Å². The number of nitrogens with zero attached hydrogens (tertiary/aromatic N) is 2. The van der Waals surface area contributed by atoms with Crippen LogP contribution in [0.25, 0.3) is 0 Å². The van der Waals surface area contributed by atoms with Crippen molar-refractivity contribution in [2.75, 3.05) is 13.6 Å². The molecule has 1 aromatic rings. The van der Waals surface area contributed by atoms with Crippen LogP contribution in [0.4, 0.5) is 4.79 Å². The van der Waals surface area contributed by atoms with E-state index in [1.165, 1.54) is 4.90 Å². The van der Waals surface area contributed by atoms with Gasteiger partial charge in [0, 0.05) is 13.6 Å². The molecule has 0 saturated heterocycles. The van der Waals surface area contributed by atoms with E-state index in [2.05, 4.69) is 11.4 Å². The Morgan fingerprint density at radius 3 is 2.79 bits per heavy atom. The van der Waals surface area contributed by atoms with Crippen molar-refractivity contribution in [3.63, 3.8) is 0 Å². The van der Waals surface area contributed by atoms with Crippen molar-refractivity contribution >= 4 is 6.03 Å². The van der Waals surface area contributed by atoms with E-state index < -0.39 is 5.60 Å². The van der Waals surface area contributed by atoms with E-state index in [4.69, 9.17) is 5.26 Å². The molecule has 0 bridgehead atoms. The van der Waals surface area contributed by atoms with E-state index in [0.29, 0.717) is 12.1 Å². The van der Waals surface area contributed by atoms with Crippen molar-refractivity contribution in [2.45, 2.75) is 26.0 Å². The fourth-order valence-electron chi connectivity index (χ4n) is 1.72. The fraction of sp³-hybridized carbons (Fsp3) is 0.429. The first kappa shape index (κ1) is 15.0. The first-order chi connectivity index (χ1) is 8.81. The molecule has 0 fully saturated rings. The van der Waals surface area contributed by atoms with Crippen LogP contribution < -0.4 is 5.32 Å². The number of hydrogen-bond acceptors (Lipinski definition) is 3. The summed E-state index contributed by atoms with van der Waals surface area (Å²) < 4.78 is 0. The summed E-state index contributed by atoms with van der Waals surface area (Å²) in [6, 6.07) is 8.86. The molecule has 0 aliphatic carbocycles. The van der Waals surface area contributed by atoms with Crippen molar-refractivity contribution in [2.24, 2.45) is 0 Å². The maximum absolute atomic E-state index is 11.8. The van der Waals surface area contributed by atoms with E-state index in [1.54, 1.807) is 39.1 Å². The number of urea groups is 1. The molecule has 2 amide bonds. The normalized spacial score (nSPS) is 10.7. The van der Waals surface area contributed by atoms with Crippen LogP contribution in [0, 0.1) is 11.3 Å². The second-order valence-corrected chi connectivity index (χ2v) is 5.14. The molecule has 0 heterocycles. The summed E-state index contributed by atoms with van der Waals surface area (Å²) in [5.74, 6) is 0. The highest BCUT2D eigenvalue weighted by Crippen LogP contribution is 2.05. The van der Waals surface area contributed by atoms with Gasteiger partial charge in [-0.25, -0.2) is 4.79 Å². The third kappa shape index (κ3) is 5.40. The molecule has 0 unspecified atom stereocenters. The molecule has 0 saturated carbocycles. The number of nitriles is 1. The largest absolute Gasteiger partial charge is 0.389 e. The second kappa shape index (κ2) is 6.21. The van der Waals surface area contributed by atoms with E-state index in [9.17, 15) is 9.90 Å². The highest BCUT2D eigenvalue weighted by molar-refractivity contribution is 5.73. The number of nitrogens with one attached hydrogen (secondary N) is 1. The van der Waals surface area contributed by atoms with E-state index >= 15 is 0 Å². The minimum Gasteiger partial charge on any atom is -0.389 e. The van der Waals surface area contributed by atoms with Gasteiger partial charge in [-0.1, -0.05) is 12.1 Å². The van der Waals surface area contributed by atoms with Crippen LogP contribution in [-0.2, 0) is 6.54 Å². The Kier molecular flexibility index (Phi) is 4.90. The molecule has 5 heteroatoms. The lowest BCUT2D eigenvalue weighted by atomic mass is 10.1. The first-order valence-electron chi connectivity index (χ1n) is 6.02. The lowest BCUT2D eigenvalue weighted by Gasteiger charge is -2.25. The zero-order valence-electron chi connectivity index (χ0n) is 11.5. The molecular formula is C14H19N3O2. The maximum Gasteiger partial charge on any atom is 0.317 e. The zero-order chi connectivity index (χ0) is 14.5. The Morgan fingerprint density at radius 1 is 1.53 bits per heavy atom. The summed E-state index contributed by atoms with van der Waals surface area (Å²) in [5.41, 5.74) is 0.507. The molecule has 0 aromatic heterocycles. The summed E-state index contributed by atoms with van der Waals surface area (Å²) in [7, 11) is 1.62. The third-order valence-electron chi connectivity index (χ3n) is 2.47. The first-order valence-corrected chi connectivity index (χ1v) is 6.02. The Hall–Kier alpha value is -2.06.